The van der Waals surface area contributed by atoms with Gasteiger partial charge in [0.2, 0.25) is 0 Å². The summed E-state index contributed by atoms with van der Waals surface area (Å²) in [5, 5.41) is 9.11. The van der Waals surface area contributed by atoms with Crippen LogP contribution in [0.5, 0.6) is 0 Å². The highest BCUT2D eigenvalue weighted by Crippen LogP contribution is 2.38. The van der Waals surface area contributed by atoms with Gasteiger partial charge in [0.1, 0.15) is 0 Å². The molecule has 0 aliphatic carbocycles. The van der Waals surface area contributed by atoms with Crippen LogP contribution < -0.4 is 0 Å². The van der Waals surface area contributed by atoms with Crippen LogP contribution in [0.25, 0.3) is 0 Å². The number of hydrogen-bond donors (Lipinski definition) is 1. The zero-order valence-corrected chi connectivity index (χ0v) is 12.3. The molecular formula is C17H14O3S. The second-order valence-corrected chi connectivity index (χ2v) is 6.21. The van der Waals surface area contributed by atoms with Crippen molar-refractivity contribution in [2.24, 2.45) is 0 Å². The van der Waals surface area contributed by atoms with Crippen molar-refractivity contribution in [2.45, 2.75) is 29.1 Å². The van der Waals surface area contributed by atoms with E-state index in [-0.39, 0.29) is 5.78 Å². The first-order valence-electron chi connectivity index (χ1n) is 6.72. The van der Waals surface area contributed by atoms with Gasteiger partial charge in [-0.1, -0.05) is 36.0 Å². The Labute approximate surface area is 127 Å². The highest BCUT2D eigenvalue weighted by molar-refractivity contribution is 7.99. The van der Waals surface area contributed by atoms with Gasteiger partial charge >= 0.3 is 5.97 Å². The van der Waals surface area contributed by atoms with Crippen LogP contribution in [0.15, 0.2) is 52.3 Å². The SMILES string of the molecule is CC(C(=O)O)c1ccc2c(c1)C(=O)Cc1ccccc1S2. The molecule has 0 fully saturated rings. The van der Waals surface area contributed by atoms with Crippen molar-refractivity contribution in [2.75, 3.05) is 0 Å². The van der Waals surface area contributed by atoms with Gasteiger partial charge in [0.05, 0.1) is 5.92 Å². The quantitative estimate of drug-likeness (QED) is 0.917. The van der Waals surface area contributed by atoms with E-state index < -0.39 is 11.9 Å². The highest BCUT2D eigenvalue weighted by atomic mass is 32.2. The first-order chi connectivity index (χ1) is 10.1. The second-order valence-electron chi connectivity index (χ2n) is 5.13. The van der Waals surface area contributed by atoms with E-state index in [4.69, 9.17) is 5.11 Å². The minimum Gasteiger partial charge on any atom is -0.481 e. The predicted octanol–water partition coefficient (Wildman–Crippen LogP) is 3.76. The molecule has 1 unspecified atom stereocenters. The number of carbonyl (C=O) groups excluding carboxylic acids is 1. The van der Waals surface area contributed by atoms with Crippen LogP contribution in [-0.2, 0) is 11.2 Å². The maximum atomic E-state index is 12.5. The van der Waals surface area contributed by atoms with E-state index in [2.05, 4.69) is 0 Å². The van der Waals surface area contributed by atoms with Gasteiger partial charge < -0.3 is 5.11 Å². The summed E-state index contributed by atoms with van der Waals surface area (Å²) in [6.45, 7) is 1.63. The normalized spacial score (nSPS) is 14.8. The Kier molecular flexibility index (Phi) is 3.55. The van der Waals surface area contributed by atoms with E-state index >= 15 is 0 Å². The van der Waals surface area contributed by atoms with Crippen molar-refractivity contribution in [3.05, 3.63) is 59.2 Å². The Hall–Kier alpha value is -2.07. The van der Waals surface area contributed by atoms with Gasteiger partial charge in [0.15, 0.2) is 5.78 Å². The fraction of sp³-hybridized carbons (Fsp3) is 0.176. The topological polar surface area (TPSA) is 54.4 Å². The minimum atomic E-state index is -0.882. The van der Waals surface area contributed by atoms with Gasteiger partial charge in [-0.2, -0.15) is 0 Å². The number of aliphatic carboxylic acids is 1. The van der Waals surface area contributed by atoms with Crippen molar-refractivity contribution >= 4 is 23.5 Å². The molecule has 4 heteroatoms. The molecule has 0 saturated heterocycles. The Morgan fingerprint density at radius 3 is 2.71 bits per heavy atom. The van der Waals surface area contributed by atoms with Crippen LogP contribution in [-0.4, -0.2) is 16.9 Å². The number of Topliss-reactive ketones (excluding diaryl/α,β-unsaturated/α-hetero) is 1. The fourth-order valence-electron chi connectivity index (χ4n) is 2.40. The number of hydrogen-bond acceptors (Lipinski definition) is 3. The lowest BCUT2D eigenvalue weighted by Crippen LogP contribution is -2.10. The Morgan fingerprint density at radius 1 is 1.19 bits per heavy atom. The van der Waals surface area contributed by atoms with Crippen LogP contribution >= 0.6 is 11.8 Å². The van der Waals surface area contributed by atoms with Crippen molar-refractivity contribution in [1.29, 1.82) is 0 Å². The molecule has 1 aliphatic rings. The molecule has 0 amide bonds. The largest absolute Gasteiger partial charge is 0.481 e. The average Bonchev–Trinajstić information content (AvgIpc) is 2.62. The molecule has 2 aromatic rings. The van der Waals surface area contributed by atoms with Crippen LogP contribution in [0.3, 0.4) is 0 Å². The van der Waals surface area contributed by atoms with Crippen LogP contribution in [0.1, 0.15) is 34.3 Å². The second kappa shape index (κ2) is 5.37. The summed E-state index contributed by atoms with van der Waals surface area (Å²) in [4.78, 5) is 25.5. The molecule has 3 rings (SSSR count). The van der Waals surface area contributed by atoms with Crippen molar-refractivity contribution < 1.29 is 14.7 Å². The lowest BCUT2D eigenvalue weighted by Gasteiger charge is -2.10. The van der Waals surface area contributed by atoms with E-state index in [1.165, 1.54) is 0 Å². The van der Waals surface area contributed by atoms with E-state index in [1.807, 2.05) is 30.3 Å². The zero-order valence-electron chi connectivity index (χ0n) is 11.5. The molecule has 106 valence electrons. The number of fused-ring (bicyclic) bond motifs is 2. The number of carboxylic acids is 1. The van der Waals surface area contributed by atoms with E-state index in [0.29, 0.717) is 17.5 Å². The predicted molar refractivity (Wildman–Crippen MR) is 81.1 cm³/mol. The lowest BCUT2D eigenvalue weighted by molar-refractivity contribution is -0.138. The van der Waals surface area contributed by atoms with E-state index in [1.54, 1.807) is 30.8 Å². The van der Waals surface area contributed by atoms with Gasteiger partial charge in [0, 0.05) is 21.8 Å². The maximum Gasteiger partial charge on any atom is 0.310 e. The standard InChI is InChI=1S/C17H14O3S/c1-10(17(19)20)11-6-7-16-13(8-11)14(18)9-12-4-2-3-5-15(12)21-16/h2-8,10H,9H2,1H3,(H,19,20). The summed E-state index contributed by atoms with van der Waals surface area (Å²) in [6, 6.07) is 13.3. The molecule has 0 saturated carbocycles. The van der Waals surface area contributed by atoms with Crippen LogP contribution in [0, 0.1) is 0 Å². The number of rotatable bonds is 2. The van der Waals surface area contributed by atoms with Gasteiger partial charge in [-0.15, -0.1) is 0 Å². The maximum absolute atomic E-state index is 12.5. The average molecular weight is 298 g/mol. The Morgan fingerprint density at radius 2 is 1.95 bits per heavy atom. The molecule has 0 bridgehead atoms. The van der Waals surface area contributed by atoms with Crippen molar-refractivity contribution in [3.63, 3.8) is 0 Å². The van der Waals surface area contributed by atoms with E-state index in [0.717, 1.165) is 15.4 Å². The van der Waals surface area contributed by atoms with Gasteiger partial charge in [-0.3, -0.25) is 9.59 Å². The number of ketones is 1. The molecular weight excluding hydrogens is 284 g/mol. The molecule has 2 aromatic carbocycles. The molecule has 1 N–H and O–H groups in total. The monoisotopic (exact) mass is 298 g/mol. The third kappa shape index (κ3) is 2.59. The number of carboxylic acid groups (broad SMARTS) is 1. The summed E-state index contributed by atoms with van der Waals surface area (Å²) in [5.41, 5.74) is 2.32. The molecule has 3 nitrogen and oxygen atoms in total. The summed E-state index contributed by atoms with van der Waals surface area (Å²) in [6.07, 6.45) is 0.362. The summed E-state index contributed by atoms with van der Waals surface area (Å²) >= 11 is 1.57. The smallest absolute Gasteiger partial charge is 0.310 e. The first kappa shape index (κ1) is 13.9. The molecule has 0 spiro atoms. The summed E-state index contributed by atoms with van der Waals surface area (Å²) < 4.78 is 0. The van der Waals surface area contributed by atoms with Crippen LogP contribution in [0.4, 0.5) is 0 Å². The highest BCUT2D eigenvalue weighted by Gasteiger charge is 2.22. The summed E-state index contributed by atoms with van der Waals surface area (Å²) in [5.74, 6) is -1.45. The van der Waals surface area contributed by atoms with Gasteiger partial charge in [-0.05, 0) is 36.2 Å². The number of carbonyl (C=O) groups is 2. The molecule has 21 heavy (non-hydrogen) atoms. The van der Waals surface area contributed by atoms with Gasteiger partial charge in [-0.25, -0.2) is 0 Å². The molecule has 1 heterocycles. The lowest BCUT2D eigenvalue weighted by atomic mass is 9.96. The first-order valence-corrected chi connectivity index (χ1v) is 7.53. The zero-order chi connectivity index (χ0) is 15.0. The molecule has 0 aromatic heterocycles. The molecule has 1 aliphatic heterocycles. The van der Waals surface area contributed by atoms with Crippen molar-refractivity contribution in [3.8, 4) is 0 Å². The third-order valence-corrected chi connectivity index (χ3v) is 4.91. The van der Waals surface area contributed by atoms with Crippen LogP contribution in [0.2, 0.25) is 0 Å². The van der Waals surface area contributed by atoms with E-state index in [9.17, 15) is 9.59 Å². The molecule has 0 radical (unpaired) electrons. The molecule has 1 atom stereocenters. The third-order valence-electron chi connectivity index (χ3n) is 3.72. The Balaban J connectivity index is 2.06. The van der Waals surface area contributed by atoms with Crippen molar-refractivity contribution in [1.82, 2.24) is 0 Å². The Bertz CT molecular complexity index is 737. The minimum absolute atomic E-state index is 0.0434. The summed E-state index contributed by atoms with van der Waals surface area (Å²) in [7, 11) is 0. The van der Waals surface area contributed by atoms with Gasteiger partial charge in [0.25, 0.3) is 0 Å². The fourth-order valence-corrected chi connectivity index (χ4v) is 3.48. The number of benzene rings is 2.